The van der Waals surface area contributed by atoms with Crippen molar-refractivity contribution in [3.63, 3.8) is 0 Å². The predicted octanol–water partition coefficient (Wildman–Crippen LogP) is 4.41. The third kappa shape index (κ3) is 13.2. The van der Waals surface area contributed by atoms with Crippen LogP contribution < -0.4 is 0 Å². The third-order valence-electron chi connectivity index (χ3n) is 4.96. The third-order valence-corrected chi connectivity index (χ3v) is 8.31. The van der Waals surface area contributed by atoms with Gasteiger partial charge in [-0.25, -0.2) is 0 Å². The van der Waals surface area contributed by atoms with Crippen LogP contribution in [-0.2, 0) is 23.9 Å². The van der Waals surface area contributed by atoms with E-state index in [9.17, 15) is 24.3 Å². The van der Waals surface area contributed by atoms with E-state index in [0.717, 1.165) is 12.8 Å². The van der Waals surface area contributed by atoms with Gasteiger partial charge in [-0.2, -0.15) is 23.5 Å². The van der Waals surface area contributed by atoms with Gasteiger partial charge in [0.1, 0.15) is 11.6 Å². The summed E-state index contributed by atoms with van der Waals surface area (Å²) in [5, 5.41) is 19.2. The number of rotatable bonds is 17. The molecule has 1 fully saturated rings. The van der Waals surface area contributed by atoms with Crippen LogP contribution in [0.3, 0.4) is 0 Å². The summed E-state index contributed by atoms with van der Waals surface area (Å²) in [6, 6.07) is 0. The van der Waals surface area contributed by atoms with E-state index in [-0.39, 0.29) is 51.0 Å². The molecule has 0 saturated heterocycles. The number of thioether (sulfide) groups is 2. The number of carbonyl (C=O) groups is 4. The zero-order chi connectivity index (χ0) is 23.8. The molecule has 7 nitrogen and oxygen atoms in total. The Bertz CT molecular complexity index is 574. The number of ketones is 2. The van der Waals surface area contributed by atoms with E-state index in [4.69, 9.17) is 11.2 Å². The summed E-state index contributed by atoms with van der Waals surface area (Å²) >= 11 is 3.25. The first kappa shape index (κ1) is 29.9. The Balaban J connectivity index is 0. The highest BCUT2D eigenvalue weighted by Gasteiger charge is 2.34. The Labute approximate surface area is 196 Å². The molecule has 0 aliphatic heterocycles. The topological polar surface area (TPSA) is 118 Å². The number of carbonyl (C=O) groups excluding carboxylic acids is 2. The van der Waals surface area contributed by atoms with Crippen LogP contribution in [0.5, 0.6) is 0 Å². The zero-order valence-corrected chi connectivity index (χ0v) is 19.8. The highest BCUT2D eigenvalue weighted by atomic mass is 32.2. The maximum Gasteiger partial charge on any atom is 0.307 e. The van der Waals surface area contributed by atoms with Gasteiger partial charge in [0.15, 0.2) is 0 Å². The molecule has 1 saturated carbocycles. The molecule has 9 heteroatoms. The van der Waals surface area contributed by atoms with Gasteiger partial charge in [0.05, 0.1) is 25.0 Å². The number of hydrogen-bond acceptors (Lipinski definition) is 7. The summed E-state index contributed by atoms with van der Waals surface area (Å²) in [7, 11) is 1.25. The van der Waals surface area contributed by atoms with E-state index in [2.05, 4.69) is 0 Å². The quantitative estimate of drug-likeness (QED) is 0.291. The molecule has 0 aromatic carbocycles. The first-order valence-electron chi connectivity index (χ1n) is 11.0. The molecule has 1 rings (SSSR count). The van der Waals surface area contributed by atoms with Crippen molar-refractivity contribution in [3.05, 3.63) is 0 Å². The van der Waals surface area contributed by atoms with Crippen LogP contribution in [-0.4, -0.2) is 68.9 Å². The van der Waals surface area contributed by atoms with Crippen molar-refractivity contribution in [2.75, 3.05) is 24.7 Å². The molecule has 31 heavy (non-hydrogen) atoms. The minimum Gasteiger partial charge on any atom is -0.481 e. The van der Waals surface area contributed by atoms with Crippen molar-refractivity contribution < 1.29 is 35.5 Å². The highest BCUT2D eigenvalue weighted by molar-refractivity contribution is 8.04. The minimum atomic E-state index is -0.969. The van der Waals surface area contributed by atoms with E-state index in [1.165, 1.54) is 14.3 Å². The van der Waals surface area contributed by atoms with Crippen molar-refractivity contribution in [2.24, 2.45) is 11.8 Å². The standard InChI is InChI=1S/C20H32O7S2.2CH4/c1-3-14(19(23)24)11-28-17-4-5-18(17)29-12-15(20(25)26)10-16(22)7-9-27-8-6-13(2)21;;/h14-15,17-18H,3-12H2,1-2H3,(H,23,24)(H,25,26);2*1H4/i;1D;. The monoisotopic (exact) mass is 481 g/mol. The first-order chi connectivity index (χ1) is 14.7. The molecule has 0 aromatic rings. The molecule has 0 radical (unpaired) electrons. The second-order valence-corrected chi connectivity index (χ2v) is 9.90. The highest BCUT2D eigenvalue weighted by Crippen LogP contribution is 2.41. The van der Waals surface area contributed by atoms with Gasteiger partial charge in [0, 0.05) is 42.6 Å². The fraction of sp³-hybridized carbons (Fsp3) is 0.818. The molecule has 0 spiro atoms. The minimum absolute atomic E-state index is 0. The second-order valence-electron chi connectivity index (χ2n) is 7.36. The van der Waals surface area contributed by atoms with E-state index >= 15 is 0 Å². The number of ether oxygens (including phenoxy) is 1. The van der Waals surface area contributed by atoms with Crippen molar-refractivity contribution in [1.82, 2.24) is 0 Å². The summed E-state index contributed by atoms with van der Waals surface area (Å²) in [6.45, 7) is 3.83. The van der Waals surface area contributed by atoms with Crippen molar-refractivity contribution in [1.29, 1.82) is 0 Å². The first-order valence-corrected chi connectivity index (χ1v) is 12.1. The number of carboxylic acids is 2. The number of Topliss-reactive ketones (excluding diaryl/α,β-unsaturated/α-hetero) is 2. The number of carboxylic acid groups (broad SMARTS) is 2. The van der Waals surface area contributed by atoms with Crippen LogP contribution in [0.4, 0.5) is 0 Å². The molecular formula is C22H40O7S2. The summed E-state index contributed by atoms with van der Waals surface area (Å²) in [5.41, 5.74) is 0. The van der Waals surface area contributed by atoms with E-state index in [1.807, 2.05) is 6.92 Å². The summed E-state index contributed by atoms with van der Waals surface area (Å²) in [4.78, 5) is 45.5. The summed E-state index contributed by atoms with van der Waals surface area (Å²) < 4.78 is 11.0. The number of aliphatic carboxylic acids is 2. The molecule has 2 N–H and O–H groups in total. The largest absolute Gasteiger partial charge is 0.481 e. The molecule has 4 atom stereocenters. The fourth-order valence-electron chi connectivity index (χ4n) is 2.76. The lowest BCUT2D eigenvalue weighted by atomic mass is 9.99. The van der Waals surface area contributed by atoms with E-state index in [0.29, 0.717) is 34.8 Å². The fourth-order valence-corrected chi connectivity index (χ4v) is 6.14. The Morgan fingerprint density at radius 1 is 0.968 bits per heavy atom. The van der Waals surface area contributed by atoms with Gasteiger partial charge < -0.3 is 14.9 Å². The van der Waals surface area contributed by atoms with Crippen LogP contribution in [0, 0.1) is 11.8 Å². The van der Waals surface area contributed by atoms with Gasteiger partial charge in [-0.05, 0) is 26.2 Å². The Kier molecular flexibility index (Phi) is 16.9. The number of hydrogen-bond donors (Lipinski definition) is 2. The molecule has 1 aliphatic carbocycles. The lowest BCUT2D eigenvalue weighted by Gasteiger charge is -2.36. The smallest absolute Gasteiger partial charge is 0.307 e. The van der Waals surface area contributed by atoms with Gasteiger partial charge in [0.25, 0.3) is 0 Å². The zero-order valence-electron chi connectivity index (χ0n) is 19.1. The lowest BCUT2D eigenvalue weighted by Crippen LogP contribution is -2.34. The van der Waals surface area contributed by atoms with Gasteiger partial charge in [0.2, 0.25) is 0 Å². The second kappa shape index (κ2) is 17.5. The van der Waals surface area contributed by atoms with E-state index in [1.54, 1.807) is 23.5 Å². The molecule has 0 amide bonds. The SMILES string of the molecule is C.CCC(CSC1CCC1SCC(CC(=O)CCOCCC(C)=O)C(=O)O)C(=O)O.[2H]C. The summed E-state index contributed by atoms with van der Waals surface area (Å²) in [5.74, 6) is -1.96. The van der Waals surface area contributed by atoms with Crippen molar-refractivity contribution >= 4 is 47.0 Å². The molecule has 0 bridgehead atoms. The van der Waals surface area contributed by atoms with Gasteiger partial charge in [-0.15, -0.1) is 0 Å². The molecule has 182 valence electrons. The average Bonchev–Trinajstić information content (AvgIpc) is 2.70. The Morgan fingerprint density at radius 3 is 1.87 bits per heavy atom. The normalized spacial score (nSPS) is 19.4. The maximum absolute atomic E-state index is 12.0. The van der Waals surface area contributed by atoms with Crippen LogP contribution in [0.15, 0.2) is 0 Å². The van der Waals surface area contributed by atoms with Crippen molar-refractivity contribution in [2.45, 2.75) is 77.7 Å². The molecule has 4 unspecified atom stereocenters. The van der Waals surface area contributed by atoms with Crippen LogP contribution in [0.2, 0.25) is 0 Å². The van der Waals surface area contributed by atoms with Crippen LogP contribution >= 0.6 is 23.5 Å². The summed E-state index contributed by atoms with van der Waals surface area (Å²) in [6.07, 6.45) is 3.08. The maximum atomic E-state index is 12.0. The molecule has 1 aliphatic rings. The van der Waals surface area contributed by atoms with Crippen molar-refractivity contribution in [3.8, 4) is 0 Å². The average molecular weight is 482 g/mol. The Morgan fingerprint density at radius 2 is 1.45 bits per heavy atom. The molecular weight excluding hydrogens is 440 g/mol. The predicted molar refractivity (Wildman–Crippen MR) is 128 cm³/mol. The lowest BCUT2D eigenvalue weighted by molar-refractivity contribution is -0.143. The van der Waals surface area contributed by atoms with Crippen LogP contribution in [0.25, 0.3) is 0 Å². The Hall–Kier alpha value is -1.06. The van der Waals surface area contributed by atoms with E-state index < -0.39 is 17.9 Å². The van der Waals surface area contributed by atoms with Gasteiger partial charge >= 0.3 is 11.9 Å². The molecule has 0 heterocycles. The van der Waals surface area contributed by atoms with Gasteiger partial charge in [-0.1, -0.05) is 21.8 Å². The van der Waals surface area contributed by atoms with Crippen LogP contribution in [0.1, 0.15) is 68.6 Å². The van der Waals surface area contributed by atoms with Gasteiger partial charge in [-0.3, -0.25) is 19.2 Å². The molecule has 0 aromatic heterocycles.